The van der Waals surface area contributed by atoms with Gasteiger partial charge in [-0.25, -0.2) is 0 Å². The lowest BCUT2D eigenvalue weighted by molar-refractivity contribution is -0.142. The molecule has 0 spiro atoms. The highest BCUT2D eigenvalue weighted by Gasteiger charge is 2.30. The lowest BCUT2D eigenvalue weighted by Crippen LogP contribution is -2.53. The normalized spacial score (nSPS) is 20.4. The molecule has 2 aliphatic rings. The van der Waals surface area contributed by atoms with Crippen molar-refractivity contribution in [3.05, 3.63) is 29.8 Å². The van der Waals surface area contributed by atoms with Crippen LogP contribution in [-0.4, -0.2) is 73.7 Å². The Morgan fingerprint density at radius 3 is 2.50 bits per heavy atom. The van der Waals surface area contributed by atoms with Crippen LogP contribution in [0.2, 0.25) is 0 Å². The number of carbonyl (C=O) groups is 2. The van der Waals surface area contributed by atoms with E-state index in [9.17, 15) is 18.4 Å². The van der Waals surface area contributed by atoms with Crippen molar-refractivity contribution in [3.8, 4) is 5.75 Å². The Labute approximate surface area is 162 Å². The third kappa shape index (κ3) is 5.87. The third-order valence-corrected chi connectivity index (χ3v) is 4.89. The second kappa shape index (κ2) is 9.79. The van der Waals surface area contributed by atoms with Gasteiger partial charge in [-0.1, -0.05) is 12.1 Å². The van der Waals surface area contributed by atoms with E-state index in [2.05, 4.69) is 10.1 Å². The fourth-order valence-electron chi connectivity index (χ4n) is 3.35. The highest BCUT2D eigenvalue weighted by Crippen LogP contribution is 2.16. The molecule has 0 saturated carbocycles. The van der Waals surface area contributed by atoms with E-state index in [0.29, 0.717) is 39.3 Å². The minimum atomic E-state index is -2.85. The van der Waals surface area contributed by atoms with Crippen molar-refractivity contribution >= 4 is 11.8 Å². The number of nitrogens with one attached hydrogen (secondary N) is 1. The molecule has 9 heteroatoms. The maximum Gasteiger partial charge on any atom is 0.387 e. The zero-order chi connectivity index (χ0) is 19.9. The molecule has 2 fully saturated rings. The standard InChI is InChI=1S/C19H25F2N3O4/c20-19(21)28-15-5-3-14(4-6-15)12-22-17(25)13-23-7-9-24(10-8-23)18(26)16-2-1-11-27-16/h3-6,16,19H,1-2,7-13H2,(H,22,25). The van der Waals surface area contributed by atoms with Crippen molar-refractivity contribution in [1.82, 2.24) is 15.1 Å². The molecule has 2 saturated heterocycles. The smallest absolute Gasteiger partial charge is 0.387 e. The number of piperazine rings is 1. The summed E-state index contributed by atoms with van der Waals surface area (Å²) >= 11 is 0. The van der Waals surface area contributed by atoms with E-state index in [1.807, 2.05) is 9.80 Å². The molecule has 7 nitrogen and oxygen atoms in total. The number of hydrogen-bond acceptors (Lipinski definition) is 5. The monoisotopic (exact) mass is 397 g/mol. The van der Waals surface area contributed by atoms with Gasteiger partial charge in [0.2, 0.25) is 5.91 Å². The summed E-state index contributed by atoms with van der Waals surface area (Å²) in [6.45, 7) is 0.844. The predicted octanol–water partition coefficient (Wildman–Crippen LogP) is 1.23. The summed E-state index contributed by atoms with van der Waals surface area (Å²) in [5.74, 6) is 0.0215. The molecule has 2 amide bonds. The van der Waals surface area contributed by atoms with E-state index in [1.165, 1.54) is 12.1 Å². The van der Waals surface area contributed by atoms with E-state index in [-0.39, 0.29) is 30.2 Å². The van der Waals surface area contributed by atoms with Crippen LogP contribution in [0.4, 0.5) is 8.78 Å². The molecule has 1 aromatic rings. The quantitative estimate of drug-likeness (QED) is 0.749. The molecule has 154 valence electrons. The molecule has 1 unspecified atom stereocenters. The number of hydrogen-bond donors (Lipinski definition) is 1. The van der Waals surface area contributed by atoms with Gasteiger partial charge in [-0.05, 0) is 30.5 Å². The molecule has 2 aliphatic heterocycles. The summed E-state index contributed by atoms with van der Waals surface area (Å²) in [7, 11) is 0. The van der Waals surface area contributed by atoms with Crippen LogP contribution in [0.5, 0.6) is 5.75 Å². The van der Waals surface area contributed by atoms with Crippen molar-refractivity contribution in [1.29, 1.82) is 0 Å². The van der Waals surface area contributed by atoms with Gasteiger partial charge in [0, 0.05) is 39.3 Å². The minimum absolute atomic E-state index is 0.0564. The first kappa shape index (κ1) is 20.5. The maximum atomic E-state index is 12.3. The largest absolute Gasteiger partial charge is 0.435 e. The fourth-order valence-corrected chi connectivity index (χ4v) is 3.35. The average molecular weight is 397 g/mol. The van der Waals surface area contributed by atoms with Crippen LogP contribution in [0.1, 0.15) is 18.4 Å². The zero-order valence-corrected chi connectivity index (χ0v) is 15.6. The van der Waals surface area contributed by atoms with Gasteiger partial charge in [-0.15, -0.1) is 0 Å². The molecule has 0 radical (unpaired) electrons. The highest BCUT2D eigenvalue weighted by molar-refractivity contribution is 5.81. The first-order valence-corrected chi connectivity index (χ1v) is 9.44. The average Bonchev–Trinajstić information content (AvgIpc) is 3.22. The molecule has 28 heavy (non-hydrogen) atoms. The van der Waals surface area contributed by atoms with Gasteiger partial charge in [0.25, 0.3) is 5.91 Å². The summed E-state index contributed by atoms with van der Waals surface area (Å²) in [4.78, 5) is 28.3. The molecular formula is C19H25F2N3O4. The summed E-state index contributed by atoms with van der Waals surface area (Å²) in [5.41, 5.74) is 0.793. The number of carbonyl (C=O) groups excluding carboxylic acids is 2. The number of amides is 2. The van der Waals surface area contributed by atoms with E-state index in [0.717, 1.165) is 18.4 Å². The molecule has 1 aromatic carbocycles. The van der Waals surface area contributed by atoms with Crippen molar-refractivity contribution in [2.75, 3.05) is 39.3 Å². The van der Waals surface area contributed by atoms with E-state index in [4.69, 9.17) is 4.74 Å². The van der Waals surface area contributed by atoms with Crippen LogP contribution in [0, 0.1) is 0 Å². The Morgan fingerprint density at radius 1 is 1.18 bits per heavy atom. The zero-order valence-electron chi connectivity index (χ0n) is 15.6. The number of halogens is 2. The number of nitrogens with zero attached hydrogens (tertiary/aromatic N) is 2. The molecule has 1 N–H and O–H groups in total. The van der Waals surface area contributed by atoms with Gasteiger partial charge < -0.3 is 19.7 Å². The molecule has 0 bridgehead atoms. The molecule has 0 aliphatic carbocycles. The fraction of sp³-hybridized carbons (Fsp3) is 0.579. The first-order valence-electron chi connectivity index (χ1n) is 9.44. The van der Waals surface area contributed by atoms with Gasteiger partial charge in [0.05, 0.1) is 6.54 Å². The predicted molar refractivity (Wildman–Crippen MR) is 96.9 cm³/mol. The van der Waals surface area contributed by atoms with Gasteiger partial charge in [0.15, 0.2) is 0 Å². The SMILES string of the molecule is O=C(CN1CCN(C(=O)C2CCCO2)CC1)NCc1ccc(OC(F)F)cc1. The molecule has 0 aromatic heterocycles. The molecule has 3 rings (SSSR count). The second-order valence-corrected chi connectivity index (χ2v) is 6.90. The molecule has 2 heterocycles. The summed E-state index contributed by atoms with van der Waals surface area (Å²) in [6, 6.07) is 6.15. The Bertz CT molecular complexity index is 658. The minimum Gasteiger partial charge on any atom is -0.435 e. The topological polar surface area (TPSA) is 71.1 Å². The number of benzene rings is 1. The van der Waals surface area contributed by atoms with Crippen LogP contribution >= 0.6 is 0 Å². The van der Waals surface area contributed by atoms with Crippen LogP contribution in [0.25, 0.3) is 0 Å². The van der Waals surface area contributed by atoms with Crippen LogP contribution < -0.4 is 10.1 Å². The molecule has 1 atom stereocenters. The Kier molecular flexibility index (Phi) is 7.16. The second-order valence-electron chi connectivity index (χ2n) is 6.90. The maximum absolute atomic E-state index is 12.3. The lowest BCUT2D eigenvalue weighted by Gasteiger charge is -2.35. The number of alkyl halides is 2. The highest BCUT2D eigenvalue weighted by atomic mass is 19.3. The number of ether oxygens (including phenoxy) is 2. The van der Waals surface area contributed by atoms with Crippen LogP contribution in [-0.2, 0) is 20.9 Å². The van der Waals surface area contributed by atoms with Crippen molar-refractivity contribution < 1.29 is 27.8 Å². The van der Waals surface area contributed by atoms with Crippen molar-refractivity contribution in [2.24, 2.45) is 0 Å². The Morgan fingerprint density at radius 2 is 1.89 bits per heavy atom. The van der Waals surface area contributed by atoms with Gasteiger partial charge in [-0.3, -0.25) is 14.5 Å². The van der Waals surface area contributed by atoms with E-state index >= 15 is 0 Å². The number of rotatable bonds is 7. The van der Waals surface area contributed by atoms with E-state index in [1.54, 1.807) is 12.1 Å². The van der Waals surface area contributed by atoms with Crippen molar-refractivity contribution in [3.63, 3.8) is 0 Å². The first-order chi connectivity index (χ1) is 13.5. The summed E-state index contributed by atoms with van der Waals surface area (Å²) < 4.78 is 34.0. The Balaban J connectivity index is 1.36. The lowest BCUT2D eigenvalue weighted by atomic mass is 10.2. The third-order valence-electron chi connectivity index (χ3n) is 4.89. The van der Waals surface area contributed by atoms with Gasteiger partial charge in [0.1, 0.15) is 11.9 Å². The Hall–Kier alpha value is -2.26. The van der Waals surface area contributed by atoms with Gasteiger partial charge in [-0.2, -0.15) is 8.78 Å². The van der Waals surface area contributed by atoms with Gasteiger partial charge >= 0.3 is 6.61 Å². The van der Waals surface area contributed by atoms with E-state index < -0.39 is 6.61 Å². The van der Waals surface area contributed by atoms with Crippen LogP contribution in [0.3, 0.4) is 0 Å². The van der Waals surface area contributed by atoms with Crippen LogP contribution in [0.15, 0.2) is 24.3 Å². The molecular weight excluding hydrogens is 372 g/mol. The van der Waals surface area contributed by atoms with Crippen molar-refractivity contribution in [2.45, 2.75) is 32.1 Å². The summed E-state index contributed by atoms with van der Waals surface area (Å²) in [5, 5.41) is 2.82. The summed E-state index contributed by atoms with van der Waals surface area (Å²) in [6.07, 6.45) is 1.42.